The SMILES string of the molecule is N=C1C=Cc2c(-c3ccc(-c4nc(-c5ccc(-c6ccccc6)cc5)nc(-c5ccc(-c6ccccc6)cc5)n4)cc3)nc3ccccc3c2C1=NS. The van der Waals surface area contributed by atoms with Crippen molar-refractivity contribution in [1.82, 2.24) is 19.9 Å². The molecule has 2 aromatic heterocycles. The number of nitrogens with one attached hydrogen (secondary N) is 1. The van der Waals surface area contributed by atoms with Crippen molar-refractivity contribution in [2.24, 2.45) is 4.40 Å². The molecule has 0 radical (unpaired) electrons. The minimum atomic E-state index is 0.316. The van der Waals surface area contributed by atoms with E-state index < -0.39 is 0 Å². The lowest BCUT2D eigenvalue weighted by Crippen LogP contribution is -2.18. The van der Waals surface area contributed by atoms with Crippen LogP contribution in [0.5, 0.6) is 0 Å². The minimum Gasteiger partial charge on any atom is -0.299 e. The van der Waals surface area contributed by atoms with Crippen molar-refractivity contribution in [2.45, 2.75) is 0 Å². The molecule has 9 rings (SSSR count). The summed E-state index contributed by atoms with van der Waals surface area (Å²) in [6, 6.07) is 53.4. The fourth-order valence-corrected chi connectivity index (χ4v) is 6.98. The van der Waals surface area contributed by atoms with Crippen LogP contribution in [0.3, 0.4) is 0 Å². The van der Waals surface area contributed by atoms with Gasteiger partial charge in [0.05, 0.1) is 16.9 Å². The lowest BCUT2D eigenvalue weighted by molar-refractivity contribution is 1.07. The molecule has 1 aliphatic rings. The van der Waals surface area contributed by atoms with E-state index in [1.165, 1.54) is 0 Å². The standard InChI is InChI=1S/C46H30N6S/c47-39-28-27-38-41(43(39)52-53)37-13-7-8-14-40(37)48-42(38)33-19-25-36(26-20-33)46-50-44(34-21-15-31(16-22-34)29-9-3-1-4-10-29)49-45(51-46)35-23-17-32(18-24-35)30-11-5-2-6-12-30/h1-28,47,53H. The van der Waals surface area contributed by atoms with Crippen LogP contribution in [0.1, 0.15) is 11.1 Å². The van der Waals surface area contributed by atoms with Crippen molar-refractivity contribution in [3.8, 4) is 67.7 Å². The van der Waals surface area contributed by atoms with E-state index in [9.17, 15) is 0 Å². The number of nitrogens with zero attached hydrogens (tertiary/aromatic N) is 5. The molecular weight excluding hydrogens is 669 g/mol. The second kappa shape index (κ2) is 13.7. The number of allylic oxidation sites excluding steroid dienone is 1. The zero-order valence-corrected chi connectivity index (χ0v) is 29.2. The predicted molar refractivity (Wildman–Crippen MR) is 220 cm³/mol. The highest BCUT2D eigenvalue weighted by Gasteiger charge is 2.24. The fraction of sp³-hybridized carbons (Fsp3) is 0. The predicted octanol–water partition coefficient (Wildman–Crippen LogP) is 11.1. The van der Waals surface area contributed by atoms with Crippen LogP contribution in [-0.4, -0.2) is 31.4 Å². The van der Waals surface area contributed by atoms with Gasteiger partial charge in [-0.05, 0) is 53.3 Å². The molecule has 0 saturated carbocycles. The fourth-order valence-electron chi connectivity index (χ4n) is 6.77. The van der Waals surface area contributed by atoms with Crippen LogP contribution in [0.15, 0.2) is 168 Å². The molecule has 0 spiro atoms. The van der Waals surface area contributed by atoms with Gasteiger partial charge in [0.15, 0.2) is 17.5 Å². The molecule has 0 fully saturated rings. The molecule has 0 unspecified atom stereocenters. The van der Waals surface area contributed by atoms with E-state index in [0.717, 1.165) is 72.2 Å². The van der Waals surface area contributed by atoms with Gasteiger partial charge in [-0.25, -0.2) is 24.3 Å². The Balaban J connectivity index is 1.13. The molecule has 0 saturated heterocycles. The molecule has 0 aliphatic heterocycles. The molecule has 1 aliphatic carbocycles. The first-order valence-corrected chi connectivity index (χ1v) is 17.6. The van der Waals surface area contributed by atoms with E-state index in [1.807, 2.05) is 91.0 Å². The summed E-state index contributed by atoms with van der Waals surface area (Å²) < 4.78 is 4.20. The van der Waals surface area contributed by atoms with Gasteiger partial charge in [0.1, 0.15) is 5.71 Å². The summed E-state index contributed by atoms with van der Waals surface area (Å²) in [5.74, 6) is 1.76. The van der Waals surface area contributed by atoms with Crippen LogP contribution in [-0.2, 0) is 0 Å². The number of thiol groups is 1. The van der Waals surface area contributed by atoms with Gasteiger partial charge in [0, 0.05) is 38.8 Å². The summed E-state index contributed by atoms with van der Waals surface area (Å²) in [5, 5.41) is 9.44. The van der Waals surface area contributed by atoms with Crippen molar-refractivity contribution in [1.29, 1.82) is 5.41 Å². The van der Waals surface area contributed by atoms with Gasteiger partial charge in [-0.15, -0.1) is 0 Å². The largest absolute Gasteiger partial charge is 0.299 e. The number of aromatic nitrogens is 4. The summed E-state index contributed by atoms with van der Waals surface area (Å²) in [7, 11) is 0. The molecule has 7 heteroatoms. The van der Waals surface area contributed by atoms with Gasteiger partial charge < -0.3 is 0 Å². The number of hydrogen-bond donors (Lipinski definition) is 2. The lowest BCUT2D eigenvalue weighted by Gasteiger charge is -2.19. The molecule has 2 heterocycles. The van der Waals surface area contributed by atoms with E-state index in [2.05, 4.69) is 90.0 Å². The van der Waals surface area contributed by atoms with Crippen LogP contribution in [0.4, 0.5) is 0 Å². The Kier molecular flexibility index (Phi) is 8.31. The van der Waals surface area contributed by atoms with E-state index in [0.29, 0.717) is 28.9 Å². The third-order valence-electron chi connectivity index (χ3n) is 9.49. The Hall–Kier alpha value is -6.83. The number of hydrogen-bond acceptors (Lipinski definition) is 7. The van der Waals surface area contributed by atoms with Gasteiger partial charge in [-0.3, -0.25) is 5.41 Å². The summed E-state index contributed by atoms with van der Waals surface area (Å²) in [5.41, 5.74) is 12.4. The molecular formula is C46H30N6S. The molecule has 1 N–H and O–H groups in total. The number of fused-ring (bicyclic) bond motifs is 3. The first-order valence-electron chi connectivity index (χ1n) is 17.2. The maximum Gasteiger partial charge on any atom is 0.164 e. The molecule has 6 aromatic carbocycles. The lowest BCUT2D eigenvalue weighted by atomic mass is 9.88. The van der Waals surface area contributed by atoms with Crippen molar-refractivity contribution >= 4 is 41.2 Å². The van der Waals surface area contributed by atoms with Crippen LogP contribution in [0.2, 0.25) is 0 Å². The normalized spacial score (nSPS) is 13.0. The smallest absolute Gasteiger partial charge is 0.164 e. The Morgan fingerprint density at radius 2 is 0.830 bits per heavy atom. The number of rotatable bonds is 6. The highest BCUT2D eigenvalue weighted by Crippen LogP contribution is 2.36. The maximum absolute atomic E-state index is 8.50. The molecule has 8 aromatic rings. The molecule has 0 bridgehead atoms. The van der Waals surface area contributed by atoms with Crippen molar-refractivity contribution in [3.63, 3.8) is 0 Å². The van der Waals surface area contributed by atoms with E-state index in [4.69, 9.17) is 25.3 Å². The first kappa shape index (κ1) is 32.1. The minimum absolute atomic E-state index is 0.316. The third kappa shape index (κ3) is 6.13. The second-order valence-electron chi connectivity index (χ2n) is 12.7. The Labute approximate surface area is 312 Å². The quantitative estimate of drug-likeness (QED) is 0.169. The third-order valence-corrected chi connectivity index (χ3v) is 9.69. The van der Waals surface area contributed by atoms with Crippen LogP contribution >= 0.6 is 12.8 Å². The average Bonchev–Trinajstić information content (AvgIpc) is 3.24. The molecule has 0 amide bonds. The van der Waals surface area contributed by atoms with Crippen LogP contribution in [0.25, 0.3) is 84.7 Å². The highest BCUT2D eigenvalue weighted by molar-refractivity contribution is 7.79. The molecule has 53 heavy (non-hydrogen) atoms. The topological polar surface area (TPSA) is 87.8 Å². The van der Waals surface area contributed by atoms with Gasteiger partial charge in [0.2, 0.25) is 0 Å². The van der Waals surface area contributed by atoms with E-state index >= 15 is 0 Å². The average molecular weight is 699 g/mol. The first-order chi connectivity index (χ1) is 26.1. The number of pyridine rings is 1. The van der Waals surface area contributed by atoms with E-state index in [1.54, 1.807) is 6.08 Å². The van der Waals surface area contributed by atoms with Gasteiger partial charge in [-0.2, -0.15) is 0 Å². The zero-order chi connectivity index (χ0) is 35.7. The Morgan fingerprint density at radius 1 is 0.415 bits per heavy atom. The van der Waals surface area contributed by atoms with Crippen molar-refractivity contribution in [2.75, 3.05) is 0 Å². The van der Waals surface area contributed by atoms with Crippen molar-refractivity contribution in [3.05, 3.63) is 175 Å². The highest BCUT2D eigenvalue weighted by atomic mass is 32.1. The van der Waals surface area contributed by atoms with Gasteiger partial charge in [-0.1, -0.05) is 152 Å². The van der Waals surface area contributed by atoms with E-state index in [-0.39, 0.29) is 0 Å². The number of benzene rings is 6. The van der Waals surface area contributed by atoms with Gasteiger partial charge in [0.25, 0.3) is 0 Å². The van der Waals surface area contributed by atoms with Gasteiger partial charge >= 0.3 is 0 Å². The summed E-state index contributed by atoms with van der Waals surface area (Å²) in [4.78, 5) is 20.1. The van der Waals surface area contributed by atoms with Crippen LogP contribution < -0.4 is 0 Å². The summed E-state index contributed by atoms with van der Waals surface area (Å²) >= 11 is 4.23. The monoisotopic (exact) mass is 698 g/mol. The molecule has 0 atom stereocenters. The zero-order valence-electron chi connectivity index (χ0n) is 28.3. The Bertz CT molecular complexity index is 2600. The molecule has 6 nitrogen and oxygen atoms in total. The Morgan fingerprint density at radius 3 is 1.32 bits per heavy atom. The number of para-hydroxylation sites is 1. The maximum atomic E-state index is 8.50. The summed E-state index contributed by atoms with van der Waals surface area (Å²) in [6.07, 6.45) is 3.69. The second-order valence-corrected chi connectivity index (χ2v) is 12.9. The summed E-state index contributed by atoms with van der Waals surface area (Å²) in [6.45, 7) is 0. The van der Waals surface area contributed by atoms with Crippen LogP contribution in [0, 0.1) is 5.41 Å². The molecule has 250 valence electrons. The van der Waals surface area contributed by atoms with Crippen molar-refractivity contribution < 1.29 is 0 Å².